The molecular formula is C20H16FN3O4S2. The molecule has 7 nitrogen and oxygen atoms in total. The van der Waals surface area contributed by atoms with E-state index < -0.39 is 22.0 Å². The lowest BCUT2D eigenvalue weighted by Crippen LogP contribution is -2.41. The average Bonchev–Trinajstić information content (AvgIpc) is 3.36. The first-order chi connectivity index (χ1) is 14.3. The number of carboxylic acids is 1. The number of nitrogens with one attached hydrogen (secondary N) is 2. The molecule has 4 aromatic rings. The van der Waals surface area contributed by atoms with Crippen LogP contribution in [0.5, 0.6) is 0 Å². The van der Waals surface area contributed by atoms with Gasteiger partial charge in [-0.1, -0.05) is 12.1 Å². The zero-order chi connectivity index (χ0) is 21.3. The number of fused-ring (bicyclic) bond motifs is 1. The quantitative estimate of drug-likeness (QED) is 0.404. The van der Waals surface area contributed by atoms with Crippen LogP contribution in [0.3, 0.4) is 0 Å². The molecule has 3 aromatic heterocycles. The van der Waals surface area contributed by atoms with Crippen LogP contribution in [0.25, 0.3) is 21.5 Å². The van der Waals surface area contributed by atoms with E-state index in [1.54, 1.807) is 42.7 Å². The Morgan fingerprint density at radius 2 is 1.97 bits per heavy atom. The molecule has 0 fully saturated rings. The number of hydrogen-bond acceptors (Lipinski definition) is 5. The van der Waals surface area contributed by atoms with Crippen molar-refractivity contribution in [3.05, 3.63) is 72.3 Å². The molecule has 1 atom stereocenters. The molecule has 3 heterocycles. The molecule has 4 rings (SSSR count). The van der Waals surface area contributed by atoms with Gasteiger partial charge in [0.15, 0.2) is 0 Å². The van der Waals surface area contributed by atoms with E-state index in [2.05, 4.69) is 14.7 Å². The zero-order valence-electron chi connectivity index (χ0n) is 15.4. The van der Waals surface area contributed by atoms with Crippen LogP contribution in [-0.2, 0) is 21.2 Å². The predicted molar refractivity (Wildman–Crippen MR) is 111 cm³/mol. The summed E-state index contributed by atoms with van der Waals surface area (Å²) in [6.45, 7) is 0. The highest BCUT2D eigenvalue weighted by Crippen LogP contribution is 2.31. The van der Waals surface area contributed by atoms with Gasteiger partial charge in [0, 0.05) is 29.1 Å². The second kappa shape index (κ2) is 7.98. The van der Waals surface area contributed by atoms with Gasteiger partial charge >= 0.3 is 5.97 Å². The first-order valence-electron chi connectivity index (χ1n) is 8.85. The van der Waals surface area contributed by atoms with E-state index in [1.807, 2.05) is 0 Å². The summed E-state index contributed by atoms with van der Waals surface area (Å²) in [6.07, 6.45) is 3.19. The number of aromatic nitrogens is 2. The standard InChI is InChI=1S/C20H16FN3O4S2/c21-14-5-3-12(4-6-14)17-7-8-18(29-17)30(27,28)24-16(20(25)26)10-13-11-23-19-15(13)2-1-9-22-19/h1-9,11,16,24H,10H2,(H,22,23)(H,25,26)/t16-/m1/s1. The Morgan fingerprint density at radius 1 is 1.20 bits per heavy atom. The smallest absolute Gasteiger partial charge is 0.322 e. The van der Waals surface area contributed by atoms with Gasteiger partial charge in [0.1, 0.15) is 21.7 Å². The molecule has 0 aliphatic rings. The number of pyridine rings is 1. The Labute approximate surface area is 175 Å². The second-order valence-corrected chi connectivity index (χ2v) is 9.58. The fraction of sp³-hybridized carbons (Fsp3) is 0.100. The van der Waals surface area contributed by atoms with Crippen molar-refractivity contribution >= 4 is 38.4 Å². The number of sulfonamides is 1. The largest absolute Gasteiger partial charge is 0.480 e. The highest BCUT2D eigenvalue weighted by atomic mass is 32.2. The first kappa shape index (κ1) is 20.2. The fourth-order valence-electron chi connectivity index (χ4n) is 3.06. The predicted octanol–water partition coefficient (Wildman–Crippen LogP) is 3.40. The van der Waals surface area contributed by atoms with Gasteiger partial charge in [0.2, 0.25) is 0 Å². The van der Waals surface area contributed by atoms with Crippen LogP contribution in [-0.4, -0.2) is 35.5 Å². The molecule has 0 unspecified atom stereocenters. The number of hydrogen-bond donors (Lipinski definition) is 3. The molecule has 30 heavy (non-hydrogen) atoms. The van der Waals surface area contributed by atoms with Crippen molar-refractivity contribution in [2.45, 2.75) is 16.7 Å². The Morgan fingerprint density at radius 3 is 2.70 bits per heavy atom. The number of carbonyl (C=O) groups is 1. The highest BCUT2D eigenvalue weighted by molar-refractivity contribution is 7.91. The number of halogens is 1. The lowest BCUT2D eigenvalue weighted by atomic mass is 10.1. The van der Waals surface area contributed by atoms with Crippen molar-refractivity contribution in [3.63, 3.8) is 0 Å². The van der Waals surface area contributed by atoms with Gasteiger partial charge in [-0.2, -0.15) is 4.72 Å². The molecule has 0 radical (unpaired) electrons. The van der Waals surface area contributed by atoms with E-state index >= 15 is 0 Å². The molecule has 0 bridgehead atoms. The summed E-state index contributed by atoms with van der Waals surface area (Å²) in [5.74, 6) is -1.67. The van der Waals surface area contributed by atoms with Gasteiger partial charge in [0.05, 0.1) is 0 Å². The number of benzene rings is 1. The minimum atomic E-state index is -4.07. The van der Waals surface area contributed by atoms with Gasteiger partial charge in [-0.3, -0.25) is 4.79 Å². The number of nitrogens with zero attached hydrogens (tertiary/aromatic N) is 1. The third-order valence-electron chi connectivity index (χ3n) is 4.53. The molecule has 0 amide bonds. The molecule has 0 saturated carbocycles. The summed E-state index contributed by atoms with van der Waals surface area (Å²) in [6, 6.07) is 10.8. The second-order valence-electron chi connectivity index (χ2n) is 6.56. The summed E-state index contributed by atoms with van der Waals surface area (Å²) in [7, 11) is -4.07. The third-order valence-corrected chi connectivity index (χ3v) is 7.63. The van der Waals surface area contributed by atoms with Gasteiger partial charge < -0.3 is 10.1 Å². The average molecular weight is 445 g/mol. The third kappa shape index (κ3) is 4.11. The van der Waals surface area contributed by atoms with E-state index in [4.69, 9.17) is 0 Å². The normalized spacial score (nSPS) is 12.8. The zero-order valence-corrected chi connectivity index (χ0v) is 17.0. The van der Waals surface area contributed by atoms with Gasteiger partial charge in [-0.15, -0.1) is 11.3 Å². The fourth-order valence-corrected chi connectivity index (χ4v) is 5.58. The summed E-state index contributed by atoms with van der Waals surface area (Å²) in [4.78, 5) is 19.5. The van der Waals surface area contributed by atoms with Crippen molar-refractivity contribution in [1.82, 2.24) is 14.7 Å². The Hall–Kier alpha value is -3.08. The van der Waals surface area contributed by atoms with Crippen molar-refractivity contribution in [2.75, 3.05) is 0 Å². The highest BCUT2D eigenvalue weighted by Gasteiger charge is 2.28. The number of aliphatic carboxylic acids is 1. The van der Waals surface area contributed by atoms with Gasteiger partial charge in [0.25, 0.3) is 10.0 Å². The Bertz CT molecular complexity index is 1310. The summed E-state index contributed by atoms with van der Waals surface area (Å²) in [5, 5.41) is 10.3. The van der Waals surface area contributed by atoms with Crippen LogP contribution in [0.4, 0.5) is 4.39 Å². The SMILES string of the molecule is O=C(O)[C@@H](Cc1c[nH]c2ncccc12)NS(=O)(=O)c1ccc(-c2ccc(F)cc2)s1. The molecule has 0 saturated heterocycles. The van der Waals surface area contributed by atoms with Crippen molar-refractivity contribution in [2.24, 2.45) is 0 Å². The van der Waals surface area contributed by atoms with Crippen molar-refractivity contribution in [1.29, 1.82) is 0 Å². The van der Waals surface area contributed by atoms with E-state index in [1.165, 1.54) is 18.2 Å². The molecule has 0 aliphatic carbocycles. The van der Waals surface area contributed by atoms with Crippen LogP contribution in [0.15, 0.2) is 65.1 Å². The number of thiophene rings is 1. The van der Waals surface area contributed by atoms with Crippen molar-refractivity contribution in [3.8, 4) is 10.4 Å². The van der Waals surface area contributed by atoms with Crippen LogP contribution in [0.2, 0.25) is 0 Å². The van der Waals surface area contributed by atoms with E-state index in [0.717, 1.165) is 16.7 Å². The van der Waals surface area contributed by atoms with E-state index in [-0.39, 0.29) is 16.4 Å². The molecule has 154 valence electrons. The molecule has 10 heteroatoms. The molecule has 0 aliphatic heterocycles. The van der Waals surface area contributed by atoms with Gasteiger partial charge in [-0.25, -0.2) is 17.8 Å². The van der Waals surface area contributed by atoms with E-state index in [0.29, 0.717) is 21.7 Å². The monoisotopic (exact) mass is 445 g/mol. The van der Waals surface area contributed by atoms with Crippen LogP contribution in [0, 0.1) is 5.82 Å². The lowest BCUT2D eigenvalue weighted by Gasteiger charge is -2.13. The molecule has 0 spiro atoms. The number of aromatic amines is 1. The topological polar surface area (TPSA) is 112 Å². The number of carboxylic acid groups (broad SMARTS) is 1. The van der Waals surface area contributed by atoms with Crippen LogP contribution in [0.1, 0.15) is 5.56 Å². The molecule has 3 N–H and O–H groups in total. The number of H-pyrrole nitrogens is 1. The number of rotatable bonds is 7. The first-order valence-corrected chi connectivity index (χ1v) is 11.2. The Balaban J connectivity index is 1.57. The van der Waals surface area contributed by atoms with Crippen LogP contribution < -0.4 is 4.72 Å². The maximum absolute atomic E-state index is 13.1. The van der Waals surface area contributed by atoms with Crippen molar-refractivity contribution < 1.29 is 22.7 Å². The van der Waals surface area contributed by atoms with Gasteiger partial charge in [-0.05, 0) is 47.5 Å². The summed E-state index contributed by atoms with van der Waals surface area (Å²) in [5.41, 5.74) is 1.91. The minimum Gasteiger partial charge on any atom is -0.480 e. The molecular weight excluding hydrogens is 429 g/mol. The Kier molecular flexibility index (Phi) is 5.37. The minimum absolute atomic E-state index is 0.0198. The maximum atomic E-state index is 13.1. The summed E-state index contributed by atoms with van der Waals surface area (Å²) < 4.78 is 40.9. The maximum Gasteiger partial charge on any atom is 0.322 e. The lowest BCUT2D eigenvalue weighted by molar-refractivity contribution is -0.138. The van der Waals surface area contributed by atoms with E-state index in [9.17, 15) is 22.7 Å². The van der Waals surface area contributed by atoms with Crippen LogP contribution >= 0.6 is 11.3 Å². The molecule has 1 aromatic carbocycles. The summed E-state index contributed by atoms with van der Waals surface area (Å²) >= 11 is 0.981.